The van der Waals surface area contributed by atoms with E-state index in [0.29, 0.717) is 17.9 Å². The first-order valence-corrected chi connectivity index (χ1v) is 10.2. The molecule has 2 fully saturated rings. The number of halogens is 2. The van der Waals surface area contributed by atoms with Crippen LogP contribution in [-0.2, 0) is 11.2 Å². The summed E-state index contributed by atoms with van der Waals surface area (Å²) in [5.74, 6) is 0.462. The molecular formula is C23H26F2O5. The zero-order valence-electron chi connectivity index (χ0n) is 16.4. The van der Waals surface area contributed by atoms with Gasteiger partial charge in [0.1, 0.15) is 30.5 Å². The summed E-state index contributed by atoms with van der Waals surface area (Å²) in [4.78, 5) is 0. The third kappa shape index (κ3) is 4.26. The van der Waals surface area contributed by atoms with Gasteiger partial charge < -0.3 is 25.2 Å². The van der Waals surface area contributed by atoms with Gasteiger partial charge in [-0.15, -0.1) is 0 Å². The first-order chi connectivity index (χ1) is 14.4. The zero-order chi connectivity index (χ0) is 21.4. The number of hydrogen-bond donors (Lipinski definition) is 4. The number of hydrogen-bond acceptors (Lipinski definition) is 5. The molecule has 0 unspecified atom stereocenters. The van der Waals surface area contributed by atoms with Crippen molar-refractivity contribution in [3.05, 3.63) is 70.3 Å². The topological polar surface area (TPSA) is 90.2 Å². The highest BCUT2D eigenvalue weighted by Crippen LogP contribution is 2.43. The van der Waals surface area contributed by atoms with Crippen molar-refractivity contribution in [1.29, 1.82) is 0 Å². The molecule has 0 amide bonds. The summed E-state index contributed by atoms with van der Waals surface area (Å²) < 4.78 is 31.3. The molecule has 7 heteroatoms. The van der Waals surface area contributed by atoms with Crippen LogP contribution in [0.25, 0.3) is 0 Å². The second-order valence-electron chi connectivity index (χ2n) is 8.20. The van der Waals surface area contributed by atoms with Crippen molar-refractivity contribution in [3.8, 4) is 0 Å². The maximum atomic E-state index is 12.8. The van der Waals surface area contributed by atoms with Crippen LogP contribution in [0.2, 0.25) is 0 Å². The molecule has 4 rings (SSSR count). The molecule has 5 nitrogen and oxygen atoms in total. The van der Waals surface area contributed by atoms with E-state index in [-0.39, 0.29) is 5.56 Å². The highest BCUT2D eigenvalue weighted by atomic mass is 19.3. The van der Waals surface area contributed by atoms with E-state index >= 15 is 0 Å². The molecule has 2 aliphatic rings. The molecule has 1 aliphatic carbocycles. The van der Waals surface area contributed by atoms with Gasteiger partial charge in [0.25, 0.3) is 6.43 Å². The Morgan fingerprint density at radius 3 is 2.23 bits per heavy atom. The Balaban J connectivity index is 1.63. The van der Waals surface area contributed by atoms with E-state index in [9.17, 15) is 29.2 Å². The minimum absolute atomic E-state index is 0.0174. The van der Waals surface area contributed by atoms with Crippen molar-refractivity contribution in [3.63, 3.8) is 0 Å². The normalized spacial score (nSPS) is 29.4. The van der Waals surface area contributed by atoms with E-state index in [0.717, 1.165) is 24.0 Å². The number of rotatable bonds is 6. The van der Waals surface area contributed by atoms with E-state index in [1.165, 1.54) is 17.7 Å². The van der Waals surface area contributed by atoms with E-state index in [1.54, 1.807) is 12.1 Å². The van der Waals surface area contributed by atoms with Gasteiger partial charge >= 0.3 is 0 Å². The molecule has 1 heterocycles. The predicted octanol–water partition coefficient (Wildman–Crippen LogP) is 2.61. The summed E-state index contributed by atoms with van der Waals surface area (Å²) in [6.45, 7) is -0.481. The molecule has 30 heavy (non-hydrogen) atoms. The molecule has 2 aromatic carbocycles. The predicted molar refractivity (Wildman–Crippen MR) is 105 cm³/mol. The van der Waals surface area contributed by atoms with Gasteiger partial charge in [-0.2, -0.15) is 0 Å². The van der Waals surface area contributed by atoms with E-state index < -0.39 is 43.6 Å². The number of alkyl halides is 2. The molecule has 2 aromatic rings. The fraction of sp³-hybridized carbons (Fsp3) is 0.478. The van der Waals surface area contributed by atoms with Crippen molar-refractivity contribution < 1.29 is 33.9 Å². The number of aliphatic hydroxyl groups excluding tert-OH is 4. The van der Waals surface area contributed by atoms with Gasteiger partial charge in [0.15, 0.2) is 0 Å². The lowest BCUT2D eigenvalue weighted by atomic mass is 9.88. The molecule has 1 saturated heterocycles. The van der Waals surface area contributed by atoms with Crippen LogP contribution in [0.5, 0.6) is 0 Å². The van der Waals surface area contributed by atoms with Gasteiger partial charge in [0.2, 0.25) is 0 Å². The number of ether oxygens (including phenoxy) is 1. The van der Waals surface area contributed by atoms with Gasteiger partial charge in [-0.25, -0.2) is 8.78 Å². The Labute approximate surface area is 173 Å². The van der Waals surface area contributed by atoms with E-state index in [1.807, 2.05) is 18.2 Å². The highest BCUT2D eigenvalue weighted by Gasteiger charge is 2.44. The van der Waals surface area contributed by atoms with Crippen molar-refractivity contribution in [1.82, 2.24) is 0 Å². The van der Waals surface area contributed by atoms with Gasteiger partial charge in [-0.3, -0.25) is 0 Å². The van der Waals surface area contributed by atoms with Crippen molar-refractivity contribution in [2.75, 3.05) is 6.61 Å². The monoisotopic (exact) mass is 420 g/mol. The quantitative estimate of drug-likeness (QED) is 0.577. The van der Waals surface area contributed by atoms with Gasteiger partial charge in [0, 0.05) is 5.56 Å². The lowest BCUT2D eigenvalue weighted by molar-refractivity contribution is -0.231. The number of aliphatic hydroxyl groups is 4. The second kappa shape index (κ2) is 8.69. The summed E-state index contributed by atoms with van der Waals surface area (Å²) in [6, 6.07) is 12.0. The third-order valence-electron chi connectivity index (χ3n) is 6.03. The highest BCUT2D eigenvalue weighted by molar-refractivity contribution is 5.41. The average Bonchev–Trinajstić information content (AvgIpc) is 3.58. The van der Waals surface area contributed by atoms with Crippen LogP contribution in [-0.4, -0.2) is 51.4 Å². The van der Waals surface area contributed by atoms with Gasteiger partial charge in [0.05, 0.1) is 6.61 Å². The Morgan fingerprint density at radius 1 is 0.933 bits per heavy atom. The van der Waals surface area contributed by atoms with Crippen LogP contribution in [0.15, 0.2) is 42.5 Å². The largest absolute Gasteiger partial charge is 0.394 e. The molecule has 0 bridgehead atoms. The molecular weight excluding hydrogens is 394 g/mol. The lowest BCUT2D eigenvalue weighted by Gasteiger charge is -2.40. The molecule has 1 saturated carbocycles. The maximum absolute atomic E-state index is 12.8. The van der Waals surface area contributed by atoms with E-state index in [4.69, 9.17) is 4.74 Å². The Morgan fingerprint density at radius 2 is 1.63 bits per heavy atom. The fourth-order valence-corrected chi connectivity index (χ4v) is 4.13. The van der Waals surface area contributed by atoms with Gasteiger partial charge in [-0.1, -0.05) is 42.5 Å². The summed E-state index contributed by atoms with van der Waals surface area (Å²) in [5, 5.41) is 40.0. The van der Waals surface area contributed by atoms with Crippen molar-refractivity contribution in [2.24, 2.45) is 0 Å². The average molecular weight is 420 g/mol. The molecule has 162 valence electrons. The summed E-state index contributed by atoms with van der Waals surface area (Å²) >= 11 is 0. The molecule has 0 radical (unpaired) electrons. The lowest BCUT2D eigenvalue weighted by Crippen LogP contribution is -2.55. The zero-order valence-corrected chi connectivity index (χ0v) is 16.4. The number of benzene rings is 2. The van der Waals surface area contributed by atoms with Crippen LogP contribution >= 0.6 is 0 Å². The second-order valence-corrected chi connectivity index (χ2v) is 8.20. The van der Waals surface area contributed by atoms with Crippen molar-refractivity contribution >= 4 is 0 Å². The van der Waals surface area contributed by atoms with Crippen LogP contribution in [0.4, 0.5) is 8.78 Å². The molecule has 0 spiro atoms. The van der Waals surface area contributed by atoms with Crippen LogP contribution in [0.3, 0.4) is 0 Å². The van der Waals surface area contributed by atoms with Crippen molar-refractivity contribution in [2.45, 2.75) is 62.1 Å². The van der Waals surface area contributed by atoms with Crippen LogP contribution in [0, 0.1) is 0 Å². The first kappa shape index (κ1) is 21.3. The summed E-state index contributed by atoms with van der Waals surface area (Å²) in [6.07, 6.45) is -5.82. The smallest absolute Gasteiger partial charge is 0.263 e. The molecule has 0 aromatic heterocycles. The van der Waals surface area contributed by atoms with Crippen LogP contribution < -0.4 is 0 Å². The van der Waals surface area contributed by atoms with E-state index in [2.05, 4.69) is 0 Å². The Bertz CT molecular complexity index is 866. The Hall–Kier alpha value is -1.90. The standard InChI is InChI=1S/C23H26F2O5/c24-23(25)14-3-1-12(2-4-14)9-16-10-15(7-8-17(16)13-5-6-13)22-21(29)20(28)19(27)18(11-26)30-22/h1-4,7-8,10,13,18-23,26-29H,5-6,9,11H2/t18-,19-,20+,21-,22+/m1/s1. The summed E-state index contributed by atoms with van der Waals surface area (Å²) in [7, 11) is 0. The SMILES string of the molecule is OC[C@H]1O[C@@H](c2ccc(C3CC3)c(Cc3ccc(C(F)F)cc3)c2)[C@H](O)[C@@H](O)[C@@H]1O. The first-order valence-electron chi connectivity index (χ1n) is 10.2. The third-order valence-corrected chi connectivity index (χ3v) is 6.03. The minimum atomic E-state index is -2.50. The molecule has 5 atom stereocenters. The summed E-state index contributed by atoms with van der Waals surface area (Å²) in [5.41, 5.74) is 3.71. The minimum Gasteiger partial charge on any atom is -0.394 e. The molecule has 4 N–H and O–H groups in total. The van der Waals surface area contributed by atoms with Gasteiger partial charge in [-0.05, 0) is 47.4 Å². The molecule has 1 aliphatic heterocycles. The maximum Gasteiger partial charge on any atom is 0.263 e. The van der Waals surface area contributed by atoms with Crippen LogP contribution in [0.1, 0.15) is 59.1 Å². The fourth-order valence-electron chi connectivity index (χ4n) is 4.13. The Kier molecular flexibility index (Phi) is 6.18.